The molecule has 1 aromatic heterocycles. The third-order valence-corrected chi connectivity index (χ3v) is 4.49. The van der Waals surface area contributed by atoms with Gasteiger partial charge in [-0.1, -0.05) is 25.0 Å². The molecule has 0 spiro atoms. The molecule has 0 radical (unpaired) electrons. The van der Waals surface area contributed by atoms with E-state index in [9.17, 15) is 9.59 Å². The van der Waals surface area contributed by atoms with Crippen LogP contribution in [0.1, 0.15) is 46.5 Å². The summed E-state index contributed by atoms with van der Waals surface area (Å²) in [6, 6.07) is 10.3. The van der Waals surface area contributed by atoms with Crippen molar-refractivity contribution in [2.45, 2.75) is 25.7 Å². The van der Waals surface area contributed by atoms with Crippen LogP contribution in [0, 0.1) is 0 Å². The molecule has 6 heteroatoms. The van der Waals surface area contributed by atoms with Gasteiger partial charge >= 0.3 is 0 Å². The molecule has 0 bridgehead atoms. The van der Waals surface area contributed by atoms with Gasteiger partial charge in [0.1, 0.15) is 11.4 Å². The zero-order chi connectivity index (χ0) is 18.4. The Morgan fingerprint density at radius 2 is 1.81 bits per heavy atom. The lowest BCUT2D eigenvalue weighted by atomic mass is 10.2. The molecule has 2 heterocycles. The number of nitrogens with one attached hydrogen (secondary N) is 1. The number of aromatic nitrogens is 1. The molecule has 0 aliphatic carbocycles. The van der Waals surface area contributed by atoms with E-state index in [0.717, 1.165) is 38.8 Å². The molecule has 1 aliphatic heterocycles. The average molecular weight is 353 g/mol. The number of ether oxygens (including phenoxy) is 1. The normalized spacial score (nSPS) is 14.4. The highest BCUT2D eigenvalue weighted by Crippen LogP contribution is 2.23. The first-order valence-corrected chi connectivity index (χ1v) is 8.89. The van der Waals surface area contributed by atoms with E-state index in [1.807, 2.05) is 17.0 Å². The van der Waals surface area contributed by atoms with Crippen LogP contribution in [0.4, 0.5) is 5.69 Å². The van der Waals surface area contributed by atoms with Gasteiger partial charge in [-0.15, -0.1) is 0 Å². The van der Waals surface area contributed by atoms with Gasteiger partial charge in [0.2, 0.25) is 0 Å². The van der Waals surface area contributed by atoms with Gasteiger partial charge in [-0.3, -0.25) is 14.6 Å². The Hall–Kier alpha value is -2.89. The van der Waals surface area contributed by atoms with E-state index in [-0.39, 0.29) is 11.8 Å². The smallest absolute Gasteiger partial charge is 0.272 e. The molecule has 6 nitrogen and oxygen atoms in total. The number of benzene rings is 1. The van der Waals surface area contributed by atoms with Gasteiger partial charge < -0.3 is 15.0 Å². The predicted octanol–water partition coefficient (Wildman–Crippen LogP) is 3.36. The molecule has 136 valence electrons. The van der Waals surface area contributed by atoms with Gasteiger partial charge in [0, 0.05) is 24.8 Å². The molecular weight excluding hydrogens is 330 g/mol. The fraction of sp³-hybridized carbons (Fsp3) is 0.350. The summed E-state index contributed by atoms with van der Waals surface area (Å²) in [6.45, 7) is 1.50. The number of nitrogens with zero attached hydrogens (tertiary/aromatic N) is 2. The Labute approximate surface area is 153 Å². The van der Waals surface area contributed by atoms with Crippen molar-refractivity contribution in [1.29, 1.82) is 0 Å². The highest BCUT2D eigenvalue weighted by atomic mass is 16.5. The molecule has 1 N–H and O–H groups in total. The van der Waals surface area contributed by atoms with Crippen LogP contribution in [0.25, 0.3) is 0 Å². The third-order valence-electron chi connectivity index (χ3n) is 4.49. The van der Waals surface area contributed by atoms with Crippen LogP contribution < -0.4 is 10.1 Å². The van der Waals surface area contributed by atoms with Crippen LogP contribution >= 0.6 is 0 Å². The molecule has 1 saturated heterocycles. The van der Waals surface area contributed by atoms with Crippen molar-refractivity contribution < 1.29 is 14.3 Å². The molecule has 1 aliphatic rings. The fourth-order valence-corrected chi connectivity index (χ4v) is 3.07. The molecule has 2 aromatic rings. The van der Waals surface area contributed by atoms with Crippen molar-refractivity contribution in [2.75, 3.05) is 25.5 Å². The van der Waals surface area contributed by atoms with E-state index in [4.69, 9.17) is 4.74 Å². The van der Waals surface area contributed by atoms with Gasteiger partial charge in [-0.05, 0) is 37.1 Å². The summed E-state index contributed by atoms with van der Waals surface area (Å²) >= 11 is 0. The third kappa shape index (κ3) is 4.20. The van der Waals surface area contributed by atoms with Crippen molar-refractivity contribution in [2.24, 2.45) is 0 Å². The van der Waals surface area contributed by atoms with Crippen LogP contribution in [0.3, 0.4) is 0 Å². The van der Waals surface area contributed by atoms with Crippen molar-refractivity contribution in [3.63, 3.8) is 0 Å². The number of carbonyl (C=O) groups excluding carboxylic acids is 2. The largest absolute Gasteiger partial charge is 0.495 e. The summed E-state index contributed by atoms with van der Waals surface area (Å²) in [7, 11) is 1.55. The Bertz CT molecular complexity index is 783. The second kappa shape index (κ2) is 8.47. The topological polar surface area (TPSA) is 71.5 Å². The minimum Gasteiger partial charge on any atom is -0.495 e. The van der Waals surface area contributed by atoms with E-state index in [2.05, 4.69) is 10.3 Å². The first-order valence-electron chi connectivity index (χ1n) is 8.89. The second-order valence-corrected chi connectivity index (χ2v) is 6.29. The Morgan fingerprint density at radius 3 is 2.54 bits per heavy atom. The number of anilines is 1. The number of amides is 2. The fourth-order valence-electron chi connectivity index (χ4n) is 3.07. The minimum atomic E-state index is -0.304. The number of hydrogen-bond acceptors (Lipinski definition) is 4. The van der Waals surface area contributed by atoms with E-state index < -0.39 is 0 Å². The van der Waals surface area contributed by atoms with Crippen molar-refractivity contribution in [3.8, 4) is 5.75 Å². The van der Waals surface area contributed by atoms with Crippen LogP contribution in [0.2, 0.25) is 0 Å². The maximum atomic E-state index is 12.7. The zero-order valence-corrected chi connectivity index (χ0v) is 14.9. The molecule has 3 rings (SSSR count). The van der Waals surface area contributed by atoms with Crippen molar-refractivity contribution >= 4 is 17.5 Å². The molecule has 26 heavy (non-hydrogen) atoms. The maximum Gasteiger partial charge on any atom is 0.272 e. The average Bonchev–Trinajstić information content (AvgIpc) is 2.97. The maximum absolute atomic E-state index is 12.7. The quantitative estimate of drug-likeness (QED) is 0.915. The van der Waals surface area contributed by atoms with Gasteiger partial charge in [0.05, 0.1) is 12.8 Å². The number of methoxy groups -OCH3 is 1. The van der Waals surface area contributed by atoms with Crippen molar-refractivity contribution in [3.05, 3.63) is 53.9 Å². The standard InChI is InChI=1S/C20H23N3O3/c1-26-18-9-5-4-8-16(18)22-19(24)15-10-11-21-17(14-15)20(25)23-12-6-2-3-7-13-23/h4-5,8-11,14H,2-3,6-7,12-13H2,1H3,(H,22,24). The predicted molar refractivity (Wildman–Crippen MR) is 99.6 cm³/mol. The van der Waals surface area contributed by atoms with Gasteiger partial charge in [0.25, 0.3) is 11.8 Å². The van der Waals surface area contributed by atoms with Gasteiger partial charge in [0.15, 0.2) is 0 Å². The lowest BCUT2D eigenvalue weighted by Gasteiger charge is -2.19. The molecular formula is C20H23N3O3. The molecule has 2 amide bonds. The Balaban J connectivity index is 1.75. The van der Waals surface area contributed by atoms with Crippen LogP contribution in [-0.4, -0.2) is 41.9 Å². The van der Waals surface area contributed by atoms with Crippen LogP contribution in [0.5, 0.6) is 5.75 Å². The summed E-state index contributed by atoms with van der Waals surface area (Å²) in [5.74, 6) is 0.163. The summed E-state index contributed by atoms with van der Waals surface area (Å²) in [4.78, 5) is 31.3. The monoisotopic (exact) mass is 353 g/mol. The number of rotatable bonds is 4. The first kappa shape index (κ1) is 17.9. The highest BCUT2D eigenvalue weighted by Gasteiger charge is 2.20. The summed E-state index contributed by atoms with van der Waals surface area (Å²) < 4.78 is 5.25. The van der Waals surface area contributed by atoms with Crippen LogP contribution in [-0.2, 0) is 0 Å². The number of carbonyl (C=O) groups is 2. The molecule has 0 saturated carbocycles. The summed E-state index contributed by atoms with van der Waals surface area (Å²) in [5.41, 5.74) is 1.28. The van der Waals surface area contributed by atoms with Crippen LogP contribution in [0.15, 0.2) is 42.6 Å². The van der Waals surface area contributed by atoms with E-state index >= 15 is 0 Å². The number of hydrogen-bond donors (Lipinski definition) is 1. The molecule has 0 unspecified atom stereocenters. The lowest BCUT2D eigenvalue weighted by Crippen LogP contribution is -2.32. The van der Waals surface area contributed by atoms with E-state index in [0.29, 0.717) is 22.7 Å². The van der Waals surface area contributed by atoms with Gasteiger partial charge in [-0.2, -0.15) is 0 Å². The number of likely N-dealkylation sites (tertiary alicyclic amines) is 1. The lowest BCUT2D eigenvalue weighted by molar-refractivity contribution is 0.0755. The molecule has 0 atom stereocenters. The summed E-state index contributed by atoms with van der Waals surface area (Å²) in [6.07, 6.45) is 5.83. The second-order valence-electron chi connectivity index (χ2n) is 6.29. The minimum absolute atomic E-state index is 0.112. The number of pyridine rings is 1. The van der Waals surface area contributed by atoms with Crippen molar-refractivity contribution in [1.82, 2.24) is 9.88 Å². The zero-order valence-electron chi connectivity index (χ0n) is 14.9. The first-order chi connectivity index (χ1) is 12.7. The molecule has 1 fully saturated rings. The SMILES string of the molecule is COc1ccccc1NC(=O)c1ccnc(C(=O)N2CCCCCC2)c1. The number of para-hydroxylation sites is 2. The van der Waals surface area contributed by atoms with Gasteiger partial charge in [-0.25, -0.2) is 0 Å². The Morgan fingerprint density at radius 1 is 1.08 bits per heavy atom. The van der Waals surface area contributed by atoms with E-state index in [1.165, 1.54) is 6.20 Å². The molecule has 1 aromatic carbocycles. The van der Waals surface area contributed by atoms with E-state index in [1.54, 1.807) is 31.4 Å². The summed E-state index contributed by atoms with van der Waals surface area (Å²) in [5, 5.41) is 2.82. The Kier molecular flexibility index (Phi) is 5.84. The highest BCUT2D eigenvalue weighted by molar-refractivity contribution is 6.06.